The topological polar surface area (TPSA) is 106 Å². The van der Waals surface area contributed by atoms with E-state index in [-0.39, 0.29) is 35.8 Å². The second-order valence-electron chi connectivity index (χ2n) is 8.59. The molecule has 2 atom stereocenters. The van der Waals surface area contributed by atoms with Gasteiger partial charge >= 0.3 is 0 Å². The smallest absolute Gasteiger partial charge is 0.262 e. The molecule has 1 fully saturated rings. The molecule has 35 heavy (non-hydrogen) atoms. The summed E-state index contributed by atoms with van der Waals surface area (Å²) in [5, 5.41) is 0.513. The summed E-state index contributed by atoms with van der Waals surface area (Å²) in [7, 11) is 1.60. The molecule has 9 heteroatoms. The Morgan fingerprint density at radius 3 is 2.54 bits per heavy atom. The number of hydrogen-bond acceptors (Lipinski definition) is 6. The Hall–Kier alpha value is -3.88. The molecule has 1 aliphatic heterocycles. The molecule has 2 N–H and O–H groups in total. The van der Waals surface area contributed by atoms with E-state index < -0.39 is 5.92 Å². The highest BCUT2D eigenvalue weighted by atomic mass is 16.5. The SMILES string of the molecule is CCCCN1C(=O)C[C@@H](C(=O)NNc2nc3ccccc3c(=O)n2CC)[C@@H]1c1ccc(OC)cc1. The van der Waals surface area contributed by atoms with E-state index in [2.05, 4.69) is 22.8 Å². The van der Waals surface area contributed by atoms with E-state index in [0.717, 1.165) is 18.4 Å². The van der Waals surface area contributed by atoms with Gasteiger partial charge in [0.15, 0.2) is 0 Å². The third-order valence-corrected chi connectivity index (χ3v) is 6.45. The summed E-state index contributed by atoms with van der Waals surface area (Å²) in [6.45, 7) is 4.88. The number of aromatic nitrogens is 2. The molecule has 1 aromatic heterocycles. The summed E-state index contributed by atoms with van der Waals surface area (Å²) in [6, 6.07) is 14.2. The second kappa shape index (κ2) is 10.6. The number of benzene rings is 2. The number of unbranched alkanes of at least 4 members (excludes halogenated alkanes) is 1. The van der Waals surface area contributed by atoms with Crippen molar-refractivity contribution in [2.45, 2.75) is 45.7 Å². The van der Waals surface area contributed by atoms with Crippen molar-refractivity contribution in [3.63, 3.8) is 0 Å². The number of hydrazine groups is 1. The quantitative estimate of drug-likeness (QED) is 0.459. The fourth-order valence-corrected chi connectivity index (χ4v) is 4.60. The number of hydrogen-bond donors (Lipinski definition) is 2. The van der Waals surface area contributed by atoms with Crippen LogP contribution in [0.1, 0.15) is 44.7 Å². The first kappa shape index (κ1) is 24.3. The molecule has 0 bridgehead atoms. The van der Waals surface area contributed by atoms with Crippen LogP contribution in [0.5, 0.6) is 5.75 Å². The first-order chi connectivity index (χ1) is 17.0. The minimum atomic E-state index is -0.595. The van der Waals surface area contributed by atoms with Gasteiger partial charge < -0.3 is 9.64 Å². The number of nitrogens with zero attached hydrogens (tertiary/aromatic N) is 3. The lowest BCUT2D eigenvalue weighted by molar-refractivity contribution is -0.129. The molecule has 0 radical (unpaired) electrons. The summed E-state index contributed by atoms with van der Waals surface area (Å²) >= 11 is 0. The normalized spacial score (nSPS) is 17.6. The molecular weight excluding hydrogens is 446 g/mol. The van der Waals surface area contributed by atoms with E-state index in [1.807, 2.05) is 37.3 Å². The largest absolute Gasteiger partial charge is 0.497 e. The van der Waals surface area contributed by atoms with Crippen LogP contribution in [0.3, 0.4) is 0 Å². The monoisotopic (exact) mass is 477 g/mol. The van der Waals surface area contributed by atoms with Gasteiger partial charge in [0.25, 0.3) is 5.56 Å². The zero-order valence-electron chi connectivity index (χ0n) is 20.3. The summed E-state index contributed by atoms with van der Waals surface area (Å²) < 4.78 is 6.73. The molecule has 3 aromatic rings. The Morgan fingerprint density at radius 1 is 1.11 bits per heavy atom. The molecular formula is C26H31N5O4. The van der Waals surface area contributed by atoms with Gasteiger partial charge in [-0.05, 0) is 43.2 Å². The molecule has 0 aliphatic carbocycles. The predicted molar refractivity (Wildman–Crippen MR) is 134 cm³/mol. The number of carbonyl (C=O) groups excluding carboxylic acids is 2. The van der Waals surface area contributed by atoms with Crippen LogP contribution in [0.25, 0.3) is 10.9 Å². The maximum atomic E-state index is 13.3. The van der Waals surface area contributed by atoms with Crippen LogP contribution in [0, 0.1) is 5.92 Å². The van der Waals surface area contributed by atoms with Crippen LogP contribution >= 0.6 is 0 Å². The first-order valence-electron chi connectivity index (χ1n) is 12.0. The van der Waals surface area contributed by atoms with Crippen LogP contribution < -0.4 is 21.1 Å². The van der Waals surface area contributed by atoms with Crippen LogP contribution in [-0.2, 0) is 16.1 Å². The van der Waals surface area contributed by atoms with E-state index in [9.17, 15) is 14.4 Å². The Labute approximate surface area is 204 Å². The van der Waals surface area contributed by atoms with Gasteiger partial charge in [-0.3, -0.25) is 29.8 Å². The van der Waals surface area contributed by atoms with Gasteiger partial charge in [-0.1, -0.05) is 37.6 Å². The fraction of sp³-hybridized carbons (Fsp3) is 0.385. The Balaban J connectivity index is 1.59. The predicted octanol–water partition coefficient (Wildman–Crippen LogP) is 3.26. The summed E-state index contributed by atoms with van der Waals surface area (Å²) in [5.74, 6) is -0.0158. The summed E-state index contributed by atoms with van der Waals surface area (Å²) in [6.07, 6.45) is 1.91. The highest BCUT2D eigenvalue weighted by Crippen LogP contribution is 2.39. The van der Waals surface area contributed by atoms with E-state index in [1.165, 1.54) is 4.57 Å². The van der Waals surface area contributed by atoms with E-state index in [0.29, 0.717) is 29.7 Å². The molecule has 2 aromatic carbocycles. The van der Waals surface area contributed by atoms with Crippen LogP contribution in [0.2, 0.25) is 0 Å². The third kappa shape index (κ3) is 4.84. The molecule has 184 valence electrons. The number of likely N-dealkylation sites (tertiary alicyclic amines) is 1. The average Bonchev–Trinajstić information content (AvgIpc) is 3.22. The van der Waals surface area contributed by atoms with Crippen molar-refractivity contribution in [3.8, 4) is 5.75 Å². The van der Waals surface area contributed by atoms with Crippen molar-refractivity contribution in [1.82, 2.24) is 19.9 Å². The number of nitrogens with one attached hydrogen (secondary N) is 2. The number of methoxy groups -OCH3 is 1. The lowest BCUT2D eigenvalue weighted by atomic mass is 9.93. The number of carbonyl (C=O) groups is 2. The molecule has 2 heterocycles. The average molecular weight is 478 g/mol. The number of anilines is 1. The standard InChI is InChI=1S/C26H31N5O4/c1-4-6-15-31-22(32)16-20(23(31)17-11-13-18(35-3)14-12-17)24(33)28-29-26-27-21-10-8-7-9-19(21)25(34)30(26)5-2/h7-14,20,23H,4-6,15-16H2,1-3H3,(H,27,29)(H,28,33)/t20-,23+/m1/s1. The lowest BCUT2D eigenvalue weighted by Crippen LogP contribution is -2.40. The number of ether oxygens (including phenoxy) is 1. The lowest BCUT2D eigenvalue weighted by Gasteiger charge is -2.28. The van der Waals surface area contributed by atoms with Gasteiger partial charge in [-0.2, -0.15) is 0 Å². The van der Waals surface area contributed by atoms with Crippen LogP contribution in [0.15, 0.2) is 53.3 Å². The van der Waals surface area contributed by atoms with Gasteiger partial charge in [0.2, 0.25) is 17.8 Å². The molecule has 1 aliphatic rings. The maximum absolute atomic E-state index is 13.3. The first-order valence-corrected chi connectivity index (χ1v) is 12.0. The molecule has 1 saturated heterocycles. The number of amides is 2. The summed E-state index contributed by atoms with van der Waals surface area (Å²) in [4.78, 5) is 45.4. The fourth-order valence-electron chi connectivity index (χ4n) is 4.60. The second-order valence-corrected chi connectivity index (χ2v) is 8.59. The van der Waals surface area contributed by atoms with Crippen molar-refractivity contribution in [2.75, 3.05) is 19.1 Å². The minimum absolute atomic E-state index is 0.0475. The highest BCUT2D eigenvalue weighted by molar-refractivity contribution is 5.91. The molecule has 4 rings (SSSR count). The Morgan fingerprint density at radius 2 is 1.86 bits per heavy atom. The zero-order valence-corrected chi connectivity index (χ0v) is 20.3. The number of rotatable bonds is 9. The van der Waals surface area contributed by atoms with Gasteiger partial charge in [0.1, 0.15) is 5.75 Å². The highest BCUT2D eigenvalue weighted by Gasteiger charge is 2.44. The van der Waals surface area contributed by atoms with E-state index >= 15 is 0 Å². The number of para-hydroxylation sites is 1. The van der Waals surface area contributed by atoms with Gasteiger partial charge in [-0.15, -0.1) is 0 Å². The third-order valence-electron chi connectivity index (χ3n) is 6.45. The molecule has 0 spiro atoms. The molecule has 0 saturated carbocycles. The van der Waals surface area contributed by atoms with Gasteiger partial charge in [0.05, 0.1) is 30.0 Å². The van der Waals surface area contributed by atoms with Crippen LogP contribution in [0.4, 0.5) is 5.95 Å². The number of fused-ring (bicyclic) bond motifs is 1. The molecule has 2 amide bonds. The zero-order chi connectivity index (χ0) is 24.9. The van der Waals surface area contributed by atoms with Crippen molar-refractivity contribution in [2.24, 2.45) is 5.92 Å². The van der Waals surface area contributed by atoms with E-state index in [1.54, 1.807) is 30.2 Å². The van der Waals surface area contributed by atoms with Gasteiger partial charge in [0, 0.05) is 19.5 Å². The van der Waals surface area contributed by atoms with Crippen molar-refractivity contribution >= 4 is 28.7 Å². The molecule has 0 unspecified atom stereocenters. The van der Waals surface area contributed by atoms with Gasteiger partial charge in [-0.25, -0.2) is 4.98 Å². The van der Waals surface area contributed by atoms with Crippen molar-refractivity contribution in [3.05, 3.63) is 64.4 Å². The summed E-state index contributed by atoms with van der Waals surface area (Å²) in [5.41, 5.74) is 6.78. The Kier molecular flexibility index (Phi) is 7.33. The molecule has 9 nitrogen and oxygen atoms in total. The van der Waals surface area contributed by atoms with Crippen molar-refractivity contribution in [1.29, 1.82) is 0 Å². The van der Waals surface area contributed by atoms with Crippen molar-refractivity contribution < 1.29 is 14.3 Å². The Bertz CT molecular complexity index is 1270. The van der Waals surface area contributed by atoms with E-state index in [4.69, 9.17) is 4.74 Å². The maximum Gasteiger partial charge on any atom is 0.262 e. The minimum Gasteiger partial charge on any atom is -0.497 e. The van der Waals surface area contributed by atoms with Crippen LogP contribution in [-0.4, -0.2) is 39.9 Å².